The average molecular weight is 390 g/mol. The van der Waals surface area contributed by atoms with Crippen molar-refractivity contribution in [3.05, 3.63) is 59.7 Å². The highest BCUT2D eigenvalue weighted by Crippen LogP contribution is 2.16. The van der Waals surface area contributed by atoms with Gasteiger partial charge >= 0.3 is 0 Å². The Kier molecular flexibility index (Phi) is 6.10. The molecule has 1 N–H and O–H groups in total. The zero-order chi connectivity index (χ0) is 19.3. The maximum Gasteiger partial charge on any atom is 0.254 e. The highest BCUT2D eigenvalue weighted by Gasteiger charge is 2.19. The number of benzene rings is 2. The van der Waals surface area contributed by atoms with Crippen LogP contribution in [0.3, 0.4) is 0 Å². The van der Waals surface area contributed by atoms with Gasteiger partial charge in [-0.15, -0.1) is 0 Å². The lowest BCUT2D eigenvalue weighted by Crippen LogP contribution is -2.40. The van der Waals surface area contributed by atoms with Gasteiger partial charge in [-0.2, -0.15) is 0 Å². The molecular weight excluding hydrogens is 368 g/mol. The van der Waals surface area contributed by atoms with Gasteiger partial charge in [-0.1, -0.05) is 12.1 Å². The molecular formula is C19H22N2O5S. The topological polar surface area (TPSA) is 84.9 Å². The summed E-state index contributed by atoms with van der Waals surface area (Å²) in [4.78, 5) is 14.5. The van der Waals surface area contributed by atoms with Gasteiger partial charge in [-0.05, 0) is 42.0 Å². The third-order valence-corrected chi connectivity index (χ3v) is 5.73. The molecule has 1 heterocycles. The van der Waals surface area contributed by atoms with E-state index in [1.54, 1.807) is 41.3 Å². The number of hydrogen-bond donors (Lipinski definition) is 1. The van der Waals surface area contributed by atoms with Crippen LogP contribution in [0.5, 0.6) is 5.75 Å². The maximum atomic E-state index is 12.6. The van der Waals surface area contributed by atoms with Gasteiger partial charge in [0.05, 0.1) is 25.2 Å². The summed E-state index contributed by atoms with van der Waals surface area (Å²) in [6, 6.07) is 13.1. The quantitative estimate of drug-likeness (QED) is 0.811. The normalized spacial score (nSPS) is 14.8. The number of carbonyl (C=O) groups is 1. The van der Waals surface area contributed by atoms with Gasteiger partial charge in [-0.3, -0.25) is 4.79 Å². The van der Waals surface area contributed by atoms with Crippen molar-refractivity contribution in [2.75, 3.05) is 33.4 Å². The fraction of sp³-hybridized carbons (Fsp3) is 0.316. The number of hydrogen-bond acceptors (Lipinski definition) is 5. The van der Waals surface area contributed by atoms with Gasteiger partial charge in [0, 0.05) is 25.2 Å². The summed E-state index contributed by atoms with van der Waals surface area (Å²) in [7, 11) is -2.13. The van der Waals surface area contributed by atoms with Crippen LogP contribution in [-0.4, -0.2) is 52.6 Å². The number of amides is 1. The van der Waals surface area contributed by atoms with Crippen LogP contribution in [0.25, 0.3) is 0 Å². The zero-order valence-corrected chi connectivity index (χ0v) is 15.9. The fourth-order valence-corrected chi connectivity index (χ4v) is 3.80. The molecule has 0 saturated carbocycles. The smallest absolute Gasteiger partial charge is 0.254 e. The van der Waals surface area contributed by atoms with Gasteiger partial charge < -0.3 is 14.4 Å². The summed E-state index contributed by atoms with van der Waals surface area (Å²) in [6.07, 6.45) is 0. The molecule has 0 aromatic heterocycles. The van der Waals surface area contributed by atoms with Crippen LogP contribution in [0.15, 0.2) is 53.4 Å². The molecule has 1 fully saturated rings. The molecule has 0 spiro atoms. The summed E-state index contributed by atoms with van der Waals surface area (Å²) in [5, 5.41) is 0. The summed E-state index contributed by atoms with van der Waals surface area (Å²) < 4.78 is 37.7. The van der Waals surface area contributed by atoms with E-state index in [-0.39, 0.29) is 17.3 Å². The first-order valence-electron chi connectivity index (χ1n) is 8.59. The Bertz CT molecular complexity index is 891. The molecule has 144 valence electrons. The summed E-state index contributed by atoms with van der Waals surface area (Å²) in [5.41, 5.74) is 1.25. The van der Waals surface area contributed by atoms with Gasteiger partial charge in [-0.25, -0.2) is 13.1 Å². The van der Waals surface area contributed by atoms with E-state index in [1.807, 2.05) is 0 Å². The number of morpholine rings is 1. The second-order valence-electron chi connectivity index (χ2n) is 6.11. The van der Waals surface area contributed by atoms with Crippen molar-refractivity contribution in [2.24, 2.45) is 0 Å². The maximum absolute atomic E-state index is 12.6. The minimum absolute atomic E-state index is 0.0711. The van der Waals surface area contributed by atoms with Crippen LogP contribution in [0.1, 0.15) is 15.9 Å². The predicted molar refractivity (Wildman–Crippen MR) is 100 cm³/mol. The van der Waals surface area contributed by atoms with E-state index in [4.69, 9.17) is 9.47 Å². The van der Waals surface area contributed by atoms with Gasteiger partial charge in [0.2, 0.25) is 10.0 Å². The molecule has 7 nitrogen and oxygen atoms in total. The number of sulfonamides is 1. The molecule has 1 aliphatic heterocycles. The highest BCUT2D eigenvalue weighted by molar-refractivity contribution is 7.89. The van der Waals surface area contributed by atoms with Crippen molar-refractivity contribution in [1.29, 1.82) is 0 Å². The first-order valence-corrected chi connectivity index (χ1v) is 10.1. The van der Waals surface area contributed by atoms with Crippen LogP contribution in [-0.2, 0) is 21.3 Å². The lowest BCUT2D eigenvalue weighted by molar-refractivity contribution is 0.0303. The van der Waals surface area contributed by atoms with Crippen molar-refractivity contribution in [3.63, 3.8) is 0 Å². The van der Waals surface area contributed by atoms with E-state index in [1.165, 1.54) is 19.2 Å². The summed E-state index contributed by atoms with van der Waals surface area (Å²) in [6.45, 7) is 2.29. The summed E-state index contributed by atoms with van der Waals surface area (Å²) >= 11 is 0. The Hall–Kier alpha value is -2.42. The molecule has 3 rings (SSSR count). The number of nitrogens with zero attached hydrogens (tertiary/aromatic N) is 1. The minimum atomic E-state index is -3.65. The Balaban J connectivity index is 1.67. The van der Waals surface area contributed by atoms with E-state index < -0.39 is 10.0 Å². The lowest BCUT2D eigenvalue weighted by atomic mass is 10.1. The second kappa shape index (κ2) is 8.51. The Morgan fingerprint density at radius 2 is 1.85 bits per heavy atom. The number of ether oxygens (including phenoxy) is 2. The average Bonchev–Trinajstić information content (AvgIpc) is 2.72. The molecule has 0 unspecified atom stereocenters. The van der Waals surface area contributed by atoms with E-state index in [0.717, 1.165) is 0 Å². The highest BCUT2D eigenvalue weighted by atomic mass is 32.2. The molecule has 1 saturated heterocycles. The SMILES string of the molecule is COc1ccc(S(=O)(=O)NCc2cccc(C(=O)N3CCOCC3)c2)cc1. The standard InChI is InChI=1S/C19H22N2O5S/c1-25-17-5-7-18(8-6-17)27(23,24)20-14-15-3-2-4-16(13-15)19(22)21-9-11-26-12-10-21/h2-8,13,20H,9-12,14H2,1H3. The van der Waals surface area contributed by atoms with E-state index in [9.17, 15) is 13.2 Å². The van der Waals surface area contributed by atoms with Crippen LogP contribution < -0.4 is 9.46 Å². The number of methoxy groups -OCH3 is 1. The first kappa shape index (κ1) is 19.3. The molecule has 2 aromatic rings. The Morgan fingerprint density at radius 1 is 1.15 bits per heavy atom. The summed E-state index contributed by atoms with van der Waals surface area (Å²) in [5.74, 6) is 0.515. The van der Waals surface area contributed by atoms with Crippen molar-refractivity contribution in [3.8, 4) is 5.75 Å². The molecule has 1 amide bonds. The Morgan fingerprint density at radius 3 is 2.52 bits per heavy atom. The number of rotatable bonds is 6. The van der Waals surface area contributed by atoms with E-state index in [0.29, 0.717) is 43.2 Å². The van der Waals surface area contributed by atoms with Crippen molar-refractivity contribution >= 4 is 15.9 Å². The molecule has 27 heavy (non-hydrogen) atoms. The first-order chi connectivity index (χ1) is 13.0. The van der Waals surface area contributed by atoms with Crippen LogP contribution in [0, 0.1) is 0 Å². The molecule has 1 aliphatic rings. The van der Waals surface area contributed by atoms with Crippen molar-refractivity contribution in [2.45, 2.75) is 11.4 Å². The molecule has 2 aromatic carbocycles. The third-order valence-electron chi connectivity index (χ3n) is 4.31. The van der Waals surface area contributed by atoms with Crippen LogP contribution in [0.2, 0.25) is 0 Å². The fourth-order valence-electron chi connectivity index (χ4n) is 2.78. The molecule has 8 heteroatoms. The minimum Gasteiger partial charge on any atom is -0.497 e. The molecule has 0 aliphatic carbocycles. The lowest BCUT2D eigenvalue weighted by Gasteiger charge is -2.27. The van der Waals surface area contributed by atoms with Crippen molar-refractivity contribution in [1.82, 2.24) is 9.62 Å². The molecule has 0 radical (unpaired) electrons. The van der Waals surface area contributed by atoms with E-state index in [2.05, 4.69) is 4.72 Å². The Labute approximate surface area is 158 Å². The largest absolute Gasteiger partial charge is 0.497 e. The van der Waals surface area contributed by atoms with Crippen LogP contribution in [0.4, 0.5) is 0 Å². The predicted octanol–water partition coefficient (Wildman–Crippen LogP) is 1.65. The third kappa shape index (κ3) is 4.85. The monoisotopic (exact) mass is 390 g/mol. The van der Waals surface area contributed by atoms with Crippen molar-refractivity contribution < 1.29 is 22.7 Å². The van der Waals surface area contributed by atoms with Gasteiger partial charge in [0.1, 0.15) is 5.75 Å². The van der Waals surface area contributed by atoms with Crippen LogP contribution >= 0.6 is 0 Å². The van der Waals surface area contributed by atoms with E-state index >= 15 is 0 Å². The second-order valence-corrected chi connectivity index (χ2v) is 7.87. The molecule has 0 bridgehead atoms. The van der Waals surface area contributed by atoms with Gasteiger partial charge in [0.15, 0.2) is 0 Å². The number of carbonyl (C=O) groups excluding carboxylic acids is 1. The molecule has 0 atom stereocenters. The number of nitrogens with one attached hydrogen (secondary N) is 1. The zero-order valence-electron chi connectivity index (χ0n) is 15.1. The van der Waals surface area contributed by atoms with Gasteiger partial charge in [0.25, 0.3) is 5.91 Å².